The number of hydrogen-bond donors (Lipinski definition) is 2. The third-order valence-electron chi connectivity index (χ3n) is 1.93. The van der Waals surface area contributed by atoms with Crippen LogP contribution in [0.1, 0.15) is 17.5 Å². The summed E-state index contributed by atoms with van der Waals surface area (Å²) in [5.74, 6) is -0.226. The first-order chi connectivity index (χ1) is 6.77. The van der Waals surface area contributed by atoms with Crippen LogP contribution in [0.2, 0.25) is 0 Å². The molecule has 0 aliphatic carbocycles. The third kappa shape index (κ3) is 2.94. The molecule has 0 saturated heterocycles. The molecule has 4 N–H and O–H groups in total. The van der Waals surface area contributed by atoms with Gasteiger partial charge in [-0.3, -0.25) is 0 Å². The van der Waals surface area contributed by atoms with Crippen LogP contribution in [0.4, 0.5) is 4.39 Å². The zero-order valence-electron chi connectivity index (χ0n) is 8.04. The van der Waals surface area contributed by atoms with Gasteiger partial charge in [-0.15, -0.1) is 0 Å². The molecule has 0 heterocycles. The highest BCUT2D eigenvalue weighted by molar-refractivity contribution is 5.51. The van der Waals surface area contributed by atoms with E-state index in [0.29, 0.717) is 18.7 Å². The maximum Gasteiger partial charge on any atom is 0.130 e. The first kappa shape index (κ1) is 10.9. The van der Waals surface area contributed by atoms with Crippen LogP contribution in [-0.4, -0.2) is 6.54 Å². The van der Waals surface area contributed by atoms with Gasteiger partial charge >= 0.3 is 0 Å². The molecule has 0 bridgehead atoms. The molecule has 14 heavy (non-hydrogen) atoms. The standard InChI is InChI=1S/C11H15FN2/c12-11-5-4-9(8-14)7-10(11)3-1-2-6-13/h1,3-5,7H,2,6,8,13-14H2. The highest BCUT2D eigenvalue weighted by Crippen LogP contribution is 2.12. The molecule has 2 nitrogen and oxygen atoms in total. The molecule has 0 saturated carbocycles. The maximum absolute atomic E-state index is 13.2. The van der Waals surface area contributed by atoms with Crippen molar-refractivity contribution in [1.82, 2.24) is 0 Å². The zero-order valence-corrected chi connectivity index (χ0v) is 8.04. The summed E-state index contributed by atoms with van der Waals surface area (Å²) in [4.78, 5) is 0. The Morgan fingerprint density at radius 3 is 2.71 bits per heavy atom. The zero-order chi connectivity index (χ0) is 10.4. The fourth-order valence-electron chi connectivity index (χ4n) is 1.15. The summed E-state index contributed by atoms with van der Waals surface area (Å²) in [7, 11) is 0. The first-order valence-corrected chi connectivity index (χ1v) is 4.63. The van der Waals surface area contributed by atoms with Crippen LogP contribution in [-0.2, 0) is 6.54 Å². The predicted octanol–water partition coefficient (Wildman–Crippen LogP) is 1.65. The van der Waals surface area contributed by atoms with Crippen molar-refractivity contribution in [3.05, 3.63) is 41.2 Å². The highest BCUT2D eigenvalue weighted by Gasteiger charge is 1.98. The van der Waals surface area contributed by atoms with Crippen LogP contribution < -0.4 is 11.5 Å². The van der Waals surface area contributed by atoms with Crippen LogP contribution in [0, 0.1) is 5.82 Å². The summed E-state index contributed by atoms with van der Waals surface area (Å²) in [5, 5.41) is 0. The third-order valence-corrected chi connectivity index (χ3v) is 1.93. The summed E-state index contributed by atoms with van der Waals surface area (Å²) >= 11 is 0. The second-order valence-electron chi connectivity index (χ2n) is 3.04. The minimum Gasteiger partial charge on any atom is -0.330 e. The van der Waals surface area contributed by atoms with Crippen molar-refractivity contribution < 1.29 is 4.39 Å². The largest absolute Gasteiger partial charge is 0.330 e. The lowest BCUT2D eigenvalue weighted by Gasteiger charge is -2.00. The SMILES string of the molecule is NCCC=Cc1cc(CN)ccc1F. The van der Waals surface area contributed by atoms with Gasteiger partial charge in [0.2, 0.25) is 0 Å². The Balaban J connectivity index is 2.83. The van der Waals surface area contributed by atoms with Crippen LogP contribution in [0.5, 0.6) is 0 Å². The fraction of sp³-hybridized carbons (Fsp3) is 0.273. The summed E-state index contributed by atoms with van der Waals surface area (Å²) in [5.41, 5.74) is 12.3. The Bertz CT molecular complexity index is 321. The predicted molar refractivity (Wildman–Crippen MR) is 57.0 cm³/mol. The fourth-order valence-corrected chi connectivity index (χ4v) is 1.15. The van der Waals surface area contributed by atoms with Crippen LogP contribution in [0.3, 0.4) is 0 Å². The van der Waals surface area contributed by atoms with Crippen LogP contribution in [0.15, 0.2) is 24.3 Å². The molecule has 1 aromatic rings. The first-order valence-electron chi connectivity index (χ1n) is 4.63. The van der Waals surface area contributed by atoms with Gasteiger partial charge < -0.3 is 11.5 Å². The monoisotopic (exact) mass is 194 g/mol. The van der Waals surface area contributed by atoms with E-state index in [4.69, 9.17) is 11.5 Å². The number of halogens is 1. The Morgan fingerprint density at radius 1 is 1.29 bits per heavy atom. The molecule has 0 amide bonds. The molecule has 0 aliphatic rings. The van der Waals surface area contributed by atoms with Crippen LogP contribution >= 0.6 is 0 Å². The van der Waals surface area contributed by atoms with Gasteiger partial charge in [-0.25, -0.2) is 4.39 Å². The highest BCUT2D eigenvalue weighted by atomic mass is 19.1. The van der Waals surface area contributed by atoms with Gasteiger partial charge in [-0.1, -0.05) is 18.2 Å². The maximum atomic E-state index is 13.2. The lowest BCUT2D eigenvalue weighted by molar-refractivity contribution is 0.624. The van der Waals surface area contributed by atoms with Gasteiger partial charge in [0.25, 0.3) is 0 Å². The molecule has 1 aromatic carbocycles. The van der Waals surface area contributed by atoms with Crippen LogP contribution in [0.25, 0.3) is 6.08 Å². The summed E-state index contributed by atoms with van der Waals surface area (Å²) < 4.78 is 13.2. The number of benzene rings is 1. The van der Waals surface area contributed by atoms with Gasteiger partial charge in [0.1, 0.15) is 5.82 Å². The Kier molecular flexibility index (Phi) is 4.29. The molecule has 0 aliphatic heterocycles. The van der Waals surface area contributed by atoms with Gasteiger partial charge in [0.05, 0.1) is 0 Å². The van der Waals surface area contributed by atoms with E-state index in [-0.39, 0.29) is 5.82 Å². The molecule has 0 spiro atoms. The summed E-state index contributed by atoms with van der Waals surface area (Å²) in [6, 6.07) is 4.88. The molecule has 0 radical (unpaired) electrons. The second-order valence-corrected chi connectivity index (χ2v) is 3.04. The normalized spacial score (nSPS) is 11.1. The number of nitrogens with two attached hydrogens (primary N) is 2. The van der Waals surface area contributed by atoms with E-state index in [9.17, 15) is 4.39 Å². The lowest BCUT2D eigenvalue weighted by atomic mass is 10.1. The van der Waals surface area contributed by atoms with Crippen molar-refractivity contribution in [2.45, 2.75) is 13.0 Å². The van der Waals surface area contributed by atoms with E-state index in [1.807, 2.05) is 6.08 Å². The minimum atomic E-state index is -0.226. The molecule has 0 fully saturated rings. The van der Waals surface area contributed by atoms with Crippen molar-refractivity contribution >= 4 is 6.08 Å². The minimum absolute atomic E-state index is 0.226. The average molecular weight is 194 g/mol. The molecule has 3 heteroatoms. The van der Waals surface area contributed by atoms with E-state index in [0.717, 1.165) is 12.0 Å². The van der Waals surface area contributed by atoms with Crippen molar-refractivity contribution in [2.75, 3.05) is 6.54 Å². The average Bonchev–Trinajstić information content (AvgIpc) is 2.21. The van der Waals surface area contributed by atoms with E-state index in [1.165, 1.54) is 6.07 Å². The molecule has 0 aromatic heterocycles. The van der Waals surface area contributed by atoms with E-state index >= 15 is 0 Å². The van der Waals surface area contributed by atoms with Crippen molar-refractivity contribution in [3.8, 4) is 0 Å². The van der Waals surface area contributed by atoms with E-state index in [2.05, 4.69) is 0 Å². The molecular formula is C11H15FN2. The Labute approximate surface area is 83.4 Å². The molecule has 76 valence electrons. The molecule has 0 atom stereocenters. The quantitative estimate of drug-likeness (QED) is 0.765. The Morgan fingerprint density at radius 2 is 2.07 bits per heavy atom. The molecule has 1 rings (SSSR count). The van der Waals surface area contributed by atoms with Gasteiger partial charge in [0, 0.05) is 12.1 Å². The molecule has 0 unspecified atom stereocenters. The van der Waals surface area contributed by atoms with E-state index < -0.39 is 0 Å². The van der Waals surface area contributed by atoms with Crippen molar-refractivity contribution in [3.63, 3.8) is 0 Å². The van der Waals surface area contributed by atoms with Gasteiger partial charge in [-0.2, -0.15) is 0 Å². The van der Waals surface area contributed by atoms with E-state index in [1.54, 1.807) is 18.2 Å². The number of rotatable bonds is 4. The summed E-state index contributed by atoms with van der Waals surface area (Å²) in [6.45, 7) is 1.01. The van der Waals surface area contributed by atoms with Gasteiger partial charge in [0.15, 0.2) is 0 Å². The summed E-state index contributed by atoms with van der Waals surface area (Å²) in [6.07, 6.45) is 4.35. The second kappa shape index (κ2) is 5.52. The lowest BCUT2D eigenvalue weighted by Crippen LogP contribution is -1.97. The van der Waals surface area contributed by atoms with Crippen molar-refractivity contribution in [1.29, 1.82) is 0 Å². The molecular weight excluding hydrogens is 179 g/mol. The van der Waals surface area contributed by atoms with Crippen molar-refractivity contribution in [2.24, 2.45) is 11.5 Å². The number of hydrogen-bond acceptors (Lipinski definition) is 2. The smallest absolute Gasteiger partial charge is 0.130 e. The topological polar surface area (TPSA) is 52.0 Å². The van der Waals surface area contributed by atoms with Gasteiger partial charge in [-0.05, 0) is 30.7 Å². The Hall–Kier alpha value is -1.19.